The molecule has 0 amide bonds. The van der Waals surface area contributed by atoms with Crippen LogP contribution in [0.15, 0.2) is 24.3 Å². The molecule has 0 saturated heterocycles. The second-order valence-corrected chi connectivity index (χ2v) is 4.64. The minimum absolute atomic E-state index is 0.169. The number of hydrogen-bond acceptors (Lipinski definition) is 2. The third kappa shape index (κ3) is 7.06. The highest BCUT2D eigenvalue weighted by atomic mass is 19.4. The van der Waals surface area contributed by atoms with Crippen LogP contribution in [0.25, 0.3) is 0 Å². The maximum Gasteiger partial charge on any atom is 0.573 e. The van der Waals surface area contributed by atoms with Gasteiger partial charge in [0, 0.05) is 0 Å². The van der Waals surface area contributed by atoms with Crippen molar-refractivity contribution in [2.45, 2.75) is 33.1 Å². The Morgan fingerprint density at radius 3 is 2.37 bits per heavy atom. The third-order valence-corrected chi connectivity index (χ3v) is 2.83. The molecule has 0 radical (unpaired) electrons. The average Bonchev–Trinajstić information content (AvgIpc) is 2.33. The Bertz CT molecular complexity index is 362. The lowest BCUT2D eigenvalue weighted by Crippen LogP contribution is -2.20. The highest BCUT2D eigenvalue weighted by Gasteiger charge is 2.30. The van der Waals surface area contributed by atoms with Crippen molar-refractivity contribution in [3.05, 3.63) is 29.8 Å². The predicted octanol–water partition coefficient (Wildman–Crippen LogP) is 3.76. The van der Waals surface area contributed by atoms with Crippen LogP contribution in [0.2, 0.25) is 0 Å². The first kappa shape index (κ1) is 15.8. The van der Waals surface area contributed by atoms with Crippen LogP contribution in [0.4, 0.5) is 13.2 Å². The molecule has 0 bridgehead atoms. The molecule has 5 heteroatoms. The molecule has 1 rings (SSSR count). The Morgan fingerprint density at radius 1 is 1.21 bits per heavy atom. The summed E-state index contributed by atoms with van der Waals surface area (Å²) in [5.74, 6) is 0.378. The van der Waals surface area contributed by atoms with Crippen LogP contribution in [0.3, 0.4) is 0 Å². The summed E-state index contributed by atoms with van der Waals surface area (Å²) in [6.45, 7) is 6.13. The summed E-state index contributed by atoms with van der Waals surface area (Å²) in [6.07, 6.45) is -2.76. The minimum atomic E-state index is -4.62. The first-order valence-electron chi connectivity index (χ1n) is 6.46. The molecule has 1 N–H and O–H groups in total. The van der Waals surface area contributed by atoms with Gasteiger partial charge in [-0.25, -0.2) is 0 Å². The molecule has 1 atom stereocenters. The van der Waals surface area contributed by atoms with Crippen LogP contribution in [-0.2, 0) is 6.42 Å². The van der Waals surface area contributed by atoms with Crippen molar-refractivity contribution in [2.75, 3.05) is 13.1 Å². The summed E-state index contributed by atoms with van der Waals surface area (Å²) in [6, 6.07) is 6.08. The molecule has 0 aliphatic heterocycles. The number of benzene rings is 1. The molecule has 19 heavy (non-hydrogen) atoms. The second kappa shape index (κ2) is 7.38. The van der Waals surface area contributed by atoms with Crippen molar-refractivity contribution in [3.63, 3.8) is 0 Å². The van der Waals surface area contributed by atoms with E-state index in [1.165, 1.54) is 12.1 Å². The first-order chi connectivity index (χ1) is 8.90. The molecule has 0 aliphatic carbocycles. The monoisotopic (exact) mass is 275 g/mol. The van der Waals surface area contributed by atoms with Gasteiger partial charge in [0.2, 0.25) is 0 Å². The normalized spacial score (nSPS) is 13.3. The fourth-order valence-corrected chi connectivity index (χ4v) is 1.76. The highest BCUT2D eigenvalue weighted by Crippen LogP contribution is 2.23. The molecule has 0 spiro atoms. The van der Waals surface area contributed by atoms with E-state index in [0.717, 1.165) is 31.5 Å². The molecule has 108 valence electrons. The fraction of sp³-hybridized carbons (Fsp3) is 0.571. The van der Waals surface area contributed by atoms with Gasteiger partial charge in [0.25, 0.3) is 0 Å². The Kier molecular flexibility index (Phi) is 6.15. The van der Waals surface area contributed by atoms with Crippen molar-refractivity contribution in [1.29, 1.82) is 0 Å². The van der Waals surface area contributed by atoms with E-state index >= 15 is 0 Å². The molecule has 0 aliphatic rings. The number of halogens is 3. The fourth-order valence-electron chi connectivity index (χ4n) is 1.76. The van der Waals surface area contributed by atoms with Crippen LogP contribution in [-0.4, -0.2) is 19.5 Å². The van der Waals surface area contributed by atoms with Gasteiger partial charge in [0.1, 0.15) is 5.75 Å². The lowest BCUT2D eigenvalue weighted by atomic mass is 10.0. The summed E-state index contributed by atoms with van der Waals surface area (Å²) in [5.41, 5.74) is 1.03. The quantitative estimate of drug-likeness (QED) is 0.818. The van der Waals surface area contributed by atoms with Crippen molar-refractivity contribution in [2.24, 2.45) is 5.92 Å². The second-order valence-electron chi connectivity index (χ2n) is 4.64. The number of hydrogen-bond donors (Lipinski definition) is 1. The Morgan fingerprint density at radius 2 is 1.84 bits per heavy atom. The summed E-state index contributed by atoms with van der Waals surface area (Å²) >= 11 is 0. The maximum atomic E-state index is 12.0. The zero-order chi connectivity index (χ0) is 14.3. The molecule has 1 aromatic rings. The summed E-state index contributed by atoms with van der Waals surface area (Å²) in [5, 5.41) is 3.27. The number of aryl methyl sites for hydroxylation is 1. The minimum Gasteiger partial charge on any atom is -0.406 e. The topological polar surface area (TPSA) is 21.3 Å². The Labute approximate surface area is 112 Å². The third-order valence-electron chi connectivity index (χ3n) is 2.83. The van der Waals surface area contributed by atoms with Gasteiger partial charge in [0.15, 0.2) is 0 Å². The summed E-state index contributed by atoms with van der Waals surface area (Å²) < 4.78 is 39.8. The molecule has 0 aromatic heterocycles. The summed E-state index contributed by atoms with van der Waals surface area (Å²) in [7, 11) is 0. The van der Waals surface area contributed by atoms with Gasteiger partial charge in [-0.05, 0) is 49.5 Å². The van der Waals surface area contributed by atoms with Crippen molar-refractivity contribution in [1.82, 2.24) is 5.32 Å². The number of alkyl halides is 3. The molecule has 2 nitrogen and oxygen atoms in total. The molecule has 0 heterocycles. The van der Waals surface area contributed by atoms with E-state index in [0.29, 0.717) is 5.92 Å². The van der Waals surface area contributed by atoms with Gasteiger partial charge in [-0.15, -0.1) is 13.2 Å². The van der Waals surface area contributed by atoms with E-state index in [-0.39, 0.29) is 5.75 Å². The number of ether oxygens (including phenoxy) is 1. The predicted molar refractivity (Wildman–Crippen MR) is 69.2 cm³/mol. The lowest BCUT2D eigenvalue weighted by molar-refractivity contribution is -0.274. The zero-order valence-electron chi connectivity index (χ0n) is 11.3. The molecule has 1 unspecified atom stereocenters. The highest BCUT2D eigenvalue weighted by molar-refractivity contribution is 5.27. The SMILES string of the molecule is CCNCC(C)CCc1ccc(OC(F)(F)F)cc1. The van der Waals surface area contributed by atoms with Gasteiger partial charge in [-0.3, -0.25) is 0 Å². The smallest absolute Gasteiger partial charge is 0.406 e. The zero-order valence-corrected chi connectivity index (χ0v) is 11.3. The molecular weight excluding hydrogens is 255 g/mol. The number of rotatable bonds is 7. The van der Waals surface area contributed by atoms with E-state index in [1.807, 2.05) is 0 Å². The van der Waals surface area contributed by atoms with Crippen LogP contribution in [0.5, 0.6) is 5.75 Å². The van der Waals surface area contributed by atoms with Crippen LogP contribution < -0.4 is 10.1 Å². The van der Waals surface area contributed by atoms with Crippen LogP contribution in [0, 0.1) is 5.92 Å². The Hall–Kier alpha value is -1.23. The average molecular weight is 275 g/mol. The molecular formula is C14H20F3NO. The van der Waals surface area contributed by atoms with Crippen molar-refractivity contribution in [3.8, 4) is 5.75 Å². The van der Waals surface area contributed by atoms with E-state index in [1.54, 1.807) is 12.1 Å². The van der Waals surface area contributed by atoms with E-state index in [4.69, 9.17) is 0 Å². The van der Waals surface area contributed by atoms with E-state index < -0.39 is 6.36 Å². The maximum absolute atomic E-state index is 12.0. The van der Waals surface area contributed by atoms with Crippen LogP contribution >= 0.6 is 0 Å². The largest absolute Gasteiger partial charge is 0.573 e. The van der Waals surface area contributed by atoms with Crippen molar-refractivity contribution < 1.29 is 17.9 Å². The van der Waals surface area contributed by atoms with Gasteiger partial charge in [-0.2, -0.15) is 0 Å². The van der Waals surface area contributed by atoms with Crippen LogP contribution in [0.1, 0.15) is 25.8 Å². The first-order valence-corrected chi connectivity index (χ1v) is 6.46. The van der Waals surface area contributed by atoms with Gasteiger partial charge in [-0.1, -0.05) is 26.0 Å². The van der Waals surface area contributed by atoms with Gasteiger partial charge in [0.05, 0.1) is 0 Å². The lowest BCUT2D eigenvalue weighted by Gasteiger charge is -2.12. The van der Waals surface area contributed by atoms with E-state index in [9.17, 15) is 13.2 Å². The Balaban J connectivity index is 2.40. The number of nitrogens with one attached hydrogen (secondary N) is 1. The van der Waals surface area contributed by atoms with Crippen molar-refractivity contribution >= 4 is 0 Å². The molecule has 0 saturated carbocycles. The molecule has 1 aromatic carbocycles. The van der Waals surface area contributed by atoms with Gasteiger partial charge >= 0.3 is 6.36 Å². The van der Waals surface area contributed by atoms with E-state index in [2.05, 4.69) is 23.9 Å². The van der Waals surface area contributed by atoms with Gasteiger partial charge < -0.3 is 10.1 Å². The standard InChI is InChI=1S/C14H20F3NO/c1-3-18-10-11(2)4-5-12-6-8-13(9-7-12)19-14(15,16)17/h6-9,11,18H,3-5,10H2,1-2H3. The molecule has 0 fully saturated rings. The summed E-state index contributed by atoms with van der Waals surface area (Å²) in [4.78, 5) is 0.